The lowest BCUT2D eigenvalue weighted by Crippen LogP contribution is -2.53. The normalized spacial score (nSPS) is 36.1. The number of rotatable bonds is 4. The number of esters is 1. The Kier molecular flexibility index (Phi) is 3.65. The number of ether oxygens (including phenoxy) is 2. The van der Waals surface area contributed by atoms with Crippen molar-refractivity contribution >= 4 is 5.97 Å². The first-order chi connectivity index (χ1) is 9.11. The number of carbonyl (C=O) groups is 1. The van der Waals surface area contributed by atoms with Crippen molar-refractivity contribution in [3.8, 4) is 0 Å². The van der Waals surface area contributed by atoms with Crippen LogP contribution in [-0.4, -0.2) is 24.5 Å². The van der Waals surface area contributed by atoms with Crippen molar-refractivity contribution in [1.29, 1.82) is 0 Å². The number of hydrogen-bond donors (Lipinski definition) is 0. The highest BCUT2D eigenvalue weighted by molar-refractivity contribution is 5.86. The molecule has 6 heteroatoms. The quantitative estimate of drug-likeness (QED) is 0.451. The van der Waals surface area contributed by atoms with Gasteiger partial charge in [0.2, 0.25) is 0 Å². The topological polar surface area (TPSA) is 35.5 Å². The molecule has 3 atom stereocenters. The zero-order valence-electron chi connectivity index (χ0n) is 11.7. The van der Waals surface area contributed by atoms with Crippen molar-refractivity contribution in [2.24, 2.45) is 11.3 Å². The van der Waals surface area contributed by atoms with Crippen LogP contribution in [0.1, 0.15) is 39.5 Å². The smallest absolute Gasteiger partial charge is 0.397 e. The minimum atomic E-state index is -4.32. The molecule has 2 saturated carbocycles. The van der Waals surface area contributed by atoms with Gasteiger partial charge in [0.1, 0.15) is 0 Å². The molecule has 2 aliphatic rings. The molecule has 20 heavy (non-hydrogen) atoms. The van der Waals surface area contributed by atoms with E-state index in [1.54, 1.807) is 0 Å². The molecule has 0 saturated heterocycles. The van der Waals surface area contributed by atoms with Gasteiger partial charge in [-0.15, -0.1) is 0 Å². The van der Waals surface area contributed by atoms with Crippen LogP contribution in [0, 0.1) is 11.3 Å². The monoisotopic (exact) mass is 292 g/mol. The lowest BCUT2D eigenvalue weighted by atomic mass is 9.71. The predicted octanol–water partition coefficient (Wildman–Crippen LogP) is 3.59. The summed E-state index contributed by atoms with van der Waals surface area (Å²) in [6, 6.07) is 0. The van der Waals surface area contributed by atoms with E-state index >= 15 is 0 Å². The van der Waals surface area contributed by atoms with Gasteiger partial charge in [0, 0.05) is 5.57 Å². The molecular formula is C14H19F3O3. The highest BCUT2D eigenvalue weighted by Crippen LogP contribution is 2.66. The molecule has 2 fully saturated rings. The summed E-state index contributed by atoms with van der Waals surface area (Å²) in [5.41, 5.74) is -2.93. The zero-order chi connectivity index (χ0) is 15.2. The Morgan fingerprint density at radius 2 is 2.05 bits per heavy atom. The van der Waals surface area contributed by atoms with E-state index in [0.717, 1.165) is 6.42 Å². The Morgan fingerprint density at radius 3 is 2.55 bits per heavy atom. The molecule has 0 aromatic heterocycles. The minimum Gasteiger partial charge on any atom is -0.435 e. The molecule has 0 aromatic carbocycles. The molecule has 2 aliphatic carbocycles. The number of hydrogen-bond acceptors (Lipinski definition) is 3. The third-order valence-electron chi connectivity index (χ3n) is 4.78. The number of alkyl halides is 3. The average Bonchev–Trinajstić information content (AvgIpc) is 2.83. The van der Waals surface area contributed by atoms with Crippen LogP contribution in [0.25, 0.3) is 0 Å². The Labute approximate surface area is 116 Å². The van der Waals surface area contributed by atoms with Gasteiger partial charge in [-0.2, -0.15) is 13.2 Å². The number of fused-ring (bicyclic) bond motifs is 2. The molecule has 0 spiro atoms. The van der Waals surface area contributed by atoms with Gasteiger partial charge in [-0.3, -0.25) is 0 Å². The van der Waals surface area contributed by atoms with E-state index < -0.39 is 30.0 Å². The maximum Gasteiger partial charge on any atom is 0.397 e. The van der Waals surface area contributed by atoms with Crippen LogP contribution in [0.3, 0.4) is 0 Å². The van der Waals surface area contributed by atoms with Crippen molar-refractivity contribution in [2.75, 3.05) is 6.79 Å². The summed E-state index contributed by atoms with van der Waals surface area (Å²) in [6.45, 7) is 5.64. The van der Waals surface area contributed by atoms with E-state index in [2.05, 4.69) is 6.58 Å². The fourth-order valence-corrected chi connectivity index (χ4v) is 3.53. The summed E-state index contributed by atoms with van der Waals surface area (Å²) in [7, 11) is 0. The Morgan fingerprint density at radius 1 is 1.40 bits per heavy atom. The van der Waals surface area contributed by atoms with Crippen LogP contribution in [0.5, 0.6) is 0 Å². The van der Waals surface area contributed by atoms with Gasteiger partial charge in [0.05, 0.1) is 11.0 Å². The second-order valence-corrected chi connectivity index (χ2v) is 6.11. The molecule has 0 aliphatic heterocycles. The Hall–Kier alpha value is -1.04. The molecule has 114 valence electrons. The van der Waals surface area contributed by atoms with Crippen molar-refractivity contribution in [1.82, 2.24) is 0 Å². The summed E-state index contributed by atoms with van der Waals surface area (Å²) in [4.78, 5) is 11.3. The van der Waals surface area contributed by atoms with Gasteiger partial charge < -0.3 is 9.47 Å². The summed E-state index contributed by atoms with van der Waals surface area (Å²) in [5.74, 6) is -0.610. The van der Waals surface area contributed by atoms with Crippen LogP contribution in [0.4, 0.5) is 13.2 Å². The van der Waals surface area contributed by atoms with E-state index in [9.17, 15) is 18.0 Å². The van der Waals surface area contributed by atoms with Crippen LogP contribution in [0.15, 0.2) is 12.2 Å². The minimum absolute atomic E-state index is 0.0402. The molecule has 0 aromatic rings. The molecule has 3 nitrogen and oxygen atoms in total. The van der Waals surface area contributed by atoms with Crippen molar-refractivity contribution in [2.45, 2.75) is 51.3 Å². The van der Waals surface area contributed by atoms with Gasteiger partial charge in [0.25, 0.3) is 0 Å². The zero-order valence-corrected chi connectivity index (χ0v) is 11.7. The maximum absolute atomic E-state index is 13.4. The van der Waals surface area contributed by atoms with Gasteiger partial charge >= 0.3 is 12.1 Å². The van der Waals surface area contributed by atoms with Gasteiger partial charge in [-0.25, -0.2) is 4.79 Å². The SMILES string of the molecule is C=C(C)C(=O)OCOC12CCC(C1)CC2(C)C(F)(F)F. The van der Waals surface area contributed by atoms with Crippen molar-refractivity contribution < 1.29 is 27.4 Å². The molecule has 0 radical (unpaired) electrons. The fraction of sp³-hybridized carbons (Fsp3) is 0.786. The first kappa shape index (κ1) is 15.4. The van der Waals surface area contributed by atoms with Gasteiger partial charge in [-0.05, 0) is 45.4 Å². The highest BCUT2D eigenvalue weighted by Gasteiger charge is 2.71. The van der Waals surface area contributed by atoms with Crippen LogP contribution >= 0.6 is 0 Å². The summed E-state index contributed by atoms with van der Waals surface area (Å²) >= 11 is 0. The van der Waals surface area contributed by atoms with Gasteiger partial charge in [-0.1, -0.05) is 6.58 Å². The van der Waals surface area contributed by atoms with Crippen molar-refractivity contribution in [3.05, 3.63) is 12.2 Å². The van der Waals surface area contributed by atoms with Gasteiger partial charge in [0.15, 0.2) is 6.79 Å². The molecule has 0 N–H and O–H groups in total. The van der Waals surface area contributed by atoms with E-state index in [1.807, 2.05) is 0 Å². The Balaban J connectivity index is 2.07. The number of carbonyl (C=O) groups excluding carboxylic acids is 1. The molecule has 2 rings (SSSR count). The third-order valence-corrected chi connectivity index (χ3v) is 4.78. The molecule has 0 amide bonds. The van der Waals surface area contributed by atoms with E-state index in [1.165, 1.54) is 13.8 Å². The molecule has 0 heterocycles. The summed E-state index contributed by atoms with van der Waals surface area (Å²) < 4.78 is 50.3. The van der Waals surface area contributed by atoms with Crippen LogP contribution in [0.2, 0.25) is 0 Å². The van der Waals surface area contributed by atoms with E-state index in [4.69, 9.17) is 9.47 Å². The second-order valence-electron chi connectivity index (χ2n) is 6.11. The lowest BCUT2D eigenvalue weighted by Gasteiger charge is -2.44. The summed E-state index contributed by atoms with van der Waals surface area (Å²) in [6.07, 6.45) is -2.75. The first-order valence-corrected chi connectivity index (χ1v) is 6.65. The van der Waals surface area contributed by atoms with E-state index in [0.29, 0.717) is 12.8 Å². The fourth-order valence-electron chi connectivity index (χ4n) is 3.53. The Bertz CT molecular complexity index is 432. The number of halogens is 3. The molecular weight excluding hydrogens is 273 g/mol. The third kappa shape index (κ3) is 2.24. The van der Waals surface area contributed by atoms with Crippen molar-refractivity contribution in [3.63, 3.8) is 0 Å². The largest absolute Gasteiger partial charge is 0.435 e. The van der Waals surface area contributed by atoms with E-state index in [-0.39, 0.29) is 17.9 Å². The van der Waals surface area contributed by atoms with Crippen LogP contribution < -0.4 is 0 Å². The standard InChI is InChI=1S/C14H19F3O3/c1-9(2)11(18)19-8-20-13-5-4-10(7-13)6-12(13,3)14(15,16)17/h10H,1,4-8H2,2-3H3. The lowest BCUT2D eigenvalue weighted by molar-refractivity contribution is -0.292. The summed E-state index contributed by atoms with van der Waals surface area (Å²) in [5, 5.41) is 0. The maximum atomic E-state index is 13.4. The molecule has 3 unspecified atom stereocenters. The first-order valence-electron chi connectivity index (χ1n) is 6.65. The molecule has 2 bridgehead atoms. The highest BCUT2D eigenvalue weighted by atomic mass is 19.4. The van der Waals surface area contributed by atoms with Crippen LogP contribution in [-0.2, 0) is 14.3 Å². The second kappa shape index (κ2) is 4.76. The predicted molar refractivity (Wildman–Crippen MR) is 65.7 cm³/mol. The average molecular weight is 292 g/mol.